The van der Waals surface area contributed by atoms with E-state index < -0.39 is 12.1 Å². The molecule has 0 aliphatic rings. The van der Waals surface area contributed by atoms with Gasteiger partial charge in [-0.25, -0.2) is 0 Å². The van der Waals surface area contributed by atoms with E-state index >= 15 is 0 Å². The van der Waals surface area contributed by atoms with Gasteiger partial charge < -0.3 is 9.15 Å². The summed E-state index contributed by atoms with van der Waals surface area (Å²) in [6.45, 7) is 0. The van der Waals surface area contributed by atoms with E-state index in [9.17, 15) is 13.2 Å². The van der Waals surface area contributed by atoms with Crippen LogP contribution in [0.2, 0.25) is 5.02 Å². The zero-order valence-electron chi connectivity index (χ0n) is 7.14. The molecule has 15 heavy (non-hydrogen) atoms. The largest absolute Gasteiger partial charge is 0.573 e. The van der Waals surface area contributed by atoms with Crippen molar-refractivity contribution < 1.29 is 22.3 Å². The van der Waals surface area contributed by atoms with Gasteiger partial charge in [0.2, 0.25) is 0 Å². The second kappa shape index (κ2) is 3.34. The molecular formula is C9H4ClF3O2. The zero-order valence-corrected chi connectivity index (χ0v) is 7.89. The highest BCUT2D eigenvalue weighted by Crippen LogP contribution is 2.34. The van der Waals surface area contributed by atoms with E-state index in [1.807, 2.05) is 0 Å². The number of ether oxygens (including phenoxy) is 1. The molecule has 0 fully saturated rings. The van der Waals surface area contributed by atoms with Crippen LogP contribution < -0.4 is 4.74 Å². The van der Waals surface area contributed by atoms with Crippen LogP contribution in [0, 0.1) is 0 Å². The van der Waals surface area contributed by atoms with Crippen LogP contribution in [0.15, 0.2) is 28.9 Å². The Balaban J connectivity index is 2.46. The number of rotatable bonds is 1. The number of halogens is 4. The summed E-state index contributed by atoms with van der Waals surface area (Å²) in [6.07, 6.45) is -3.40. The molecule has 2 nitrogen and oxygen atoms in total. The molecule has 0 radical (unpaired) electrons. The van der Waals surface area contributed by atoms with Crippen LogP contribution in [-0.4, -0.2) is 6.36 Å². The fourth-order valence-electron chi connectivity index (χ4n) is 1.17. The first-order chi connectivity index (χ1) is 6.96. The average Bonchev–Trinajstić information content (AvgIpc) is 2.49. The number of hydrogen-bond acceptors (Lipinski definition) is 2. The summed E-state index contributed by atoms with van der Waals surface area (Å²) >= 11 is 5.60. The van der Waals surface area contributed by atoms with Crippen molar-refractivity contribution >= 4 is 22.6 Å². The molecule has 1 aromatic heterocycles. The highest BCUT2D eigenvalue weighted by atomic mass is 35.5. The summed E-state index contributed by atoms with van der Waals surface area (Å²) in [4.78, 5) is 0. The minimum absolute atomic E-state index is 0.110. The lowest BCUT2D eigenvalue weighted by Crippen LogP contribution is -2.17. The third kappa shape index (κ3) is 2.18. The maximum atomic E-state index is 11.9. The van der Waals surface area contributed by atoms with Crippen molar-refractivity contribution in [2.24, 2.45) is 0 Å². The molecule has 0 atom stereocenters. The van der Waals surface area contributed by atoms with Crippen LogP contribution in [-0.2, 0) is 0 Å². The third-order valence-corrected chi connectivity index (χ3v) is 2.03. The molecule has 2 rings (SSSR count). The van der Waals surface area contributed by atoms with Crippen molar-refractivity contribution in [2.45, 2.75) is 6.36 Å². The number of hydrogen-bond donors (Lipinski definition) is 0. The van der Waals surface area contributed by atoms with Crippen LogP contribution in [0.25, 0.3) is 11.0 Å². The molecule has 2 aromatic rings. The first kappa shape index (κ1) is 10.2. The first-order valence-corrected chi connectivity index (χ1v) is 4.26. The van der Waals surface area contributed by atoms with Gasteiger partial charge in [-0.05, 0) is 12.1 Å². The van der Waals surface area contributed by atoms with Gasteiger partial charge in [0, 0.05) is 11.5 Å². The molecule has 0 bridgehead atoms. The molecule has 1 heterocycles. The normalized spacial score (nSPS) is 12.0. The summed E-state index contributed by atoms with van der Waals surface area (Å²) in [5.41, 5.74) is 0.290. The molecule has 0 spiro atoms. The quantitative estimate of drug-likeness (QED) is 0.747. The molecule has 80 valence electrons. The average molecular weight is 237 g/mol. The Kier molecular flexibility index (Phi) is 2.26. The Labute approximate surface area is 87.2 Å². The van der Waals surface area contributed by atoms with E-state index in [2.05, 4.69) is 4.74 Å². The Morgan fingerprint density at radius 1 is 1.27 bits per heavy atom. The monoisotopic (exact) mass is 236 g/mol. The summed E-state index contributed by atoms with van der Waals surface area (Å²) in [5.74, 6) is -0.466. The van der Waals surface area contributed by atoms with Crippen molar-refractivity contribution in [1.82, 2.24) is 0 Å². The van der Waals surface area contributed by atoms with E-state index in [0.717, 1.165) is 6.07 Å². The van der Waals surface area contributed by atoms with E-state index in [0.29, 0.717) is 11.0 Å². The van der Waals surface area contributed by atoms with Crippen molar-refractivity contribution in [3.05, 3.63) is 29.5 Å². The fraction of sp³-hybridized carbons (Fsp3) is 0.111. The molecule has 0 aliphatic carbocycles. The van der Waals surface area contributed by atoms with Crippen LogP contribution in [0.4, 0.5) is 13.2 Å². The molecule has 0 amide bonds. The lowest BCUT2D eigenvalue weighted by molar-refractivity contribution is -0.274. The lowest BCUT2D eigenvalue weighted by atomic mass is 10.2. The summed E-state index contributed by atoms with van der Waals surface area (Å²) < 4.78 is 44.4. The van der Waals surface area contributed by atoms with E-state index in [-0.39, 0.29) is 5.02 Å². The fourth-order valence-corrected chi connectivity index (χ4v) is 1.38. The summed E-state index contributed by atoms with van der Waals surface area (Å²) in [6, 6.07) is 4.05. The van der Waals surface area contributed by atoms with Gasteiger partial charge in [0.15, 0.2) is 5.75 Å². The second-order valence-corrected chi connectivity index (χ2v) is 3.20. The van der Waals surface area contributed by atoms with Crippen molar-refractivity contribution in [3.8, 4) is 5.75 Å². The summed E-state index contributed by atoms with van der Waals surface area (Å²) in [5, 5.41) is 0.510. The smallest absolute Gasteiger partial charge is 0.464 e. The highest BCUT2D eigenvalue weighted by molar-refractivity contribution is 6.32. The molecule has 0 N–H and O–H groups in total. The molecule has 0 saturated carbocycles. The number of furan rings is 1. The van der Waals surface area contributed by atoms with Crippen molar-refractivity contribution in [1.29, 1.82) is 0 Å². The van der Waals surface area contributed by atoms with E-state index in [4.69, 9.17) is 16.0 Å². The molecular weight excluding hydrogens is 233 g/mol. The van der Waals surface area contributed by atoms with Crippen LogP contribution >= 0.6 is 11.6 Å². The maximum absolute atomic E-state index is 11.9. The van der Waals surface area contributed by atoms with E-state index in [1.165, 1.54) is 12.3 Å². The van der Waals surface area contributed by atoms with Crippen molar-refractivity contribution in [2.75, 3.05) is 0 Å². The van der Waals surface area contributed by atoms with Crippen molar-refractivity contribution in [3.63, 3.8) is 0 Å². The first-order valence-electron chi connectivity index (χ1n) is 3.88. The zero-order chi connectivity index (χ0) is 11.1. The minimum atomic E-state index is -4.76. The SMILES string of the molecule is FC(F)(F)Oc1cc2occc2cc1Cl. The van der Waals surface area contributed by atoms with Gasteiger partial charge in [0.1, 0.15) is 5.58 Å². The van der Waals surface area contributed by atoms with Crippen LogP contribution in [0.5, 0.6) is 5.75 Å². The standard InChI is InChI=1S/C9H4ClF3O2/c10-6-3-5-1-2-14-7(5)4-8(6)15-9(11,12)13/h1-4H. The lowest BCUT2D eigenvalue weighted by Gasteiger charge is -2.09. The number of benzene rings is 1. The Bertz CT molecular complexity index is 490. The Morgan fingerprint density at radius 3 is 2.67 bits per heavy atom. The van der Waals surface area contributed by atoms with Crippen LogP contribution in [0.1, 0.15) is 0 Å². The summed E-state index contributed by atoms with van der Waals surface area (Å²) in [7, 11) is 0. The molecule has 0 saturated heterocycles. The minimum Gasteiger partial charge on any atom is -0.464 e. The maximum Gasteiger partial charge on any atom is 0.573 e. The van der Waals surface area contributed by atoms with Gasteiger partial charge in [-0.2, -0.15) is 0 Å². The molecule has 0 aliphatic heterocycles. The Morgan fingerprint density at radius 2 is 2.00 bits per heavy atom. The molecule has 1 aromatic carbocycles. The predicted molar refractivity (Wildman–Crippen MR) is 47.9 cm³/mol. The van der Waals surface area contributed by atoms with Gasteiger partial charge in [-0.15, -0.1) is 13.2 Å². The predicted octanol–water partition coefficient (Wildman–Crippen LogP) is 3.98. The number of alkyl halides is 3. The van der Waals surface area contributed by atoms with Gasteiger partial charge in [0.25, 0.3) is 0 Å². The highest BCUT2D eigenvalue weighted by Gasteiger charge is 2.32. The van der Waals surface area contributed by atoms with Gasteiger partial charge >= 0.3 is 6.36 Å². The van der Waals surface area contributed by atoms with Gasteiger partial charge in [0.05, 0.1) is 11.3 Å². The van der Waals surface area contributed by atoms with Crippen LogP contribution in [0.3, 0.4) is 0 Å². The second-order valence-electron chi connectivity index (χ2n) is 2.79. The third-order valence-electron chi connectivity index (χ3n) is 1.73. The van der Waals surface area contributed by atoms with Gasteiger partial charge in [-0.3, -0.25) is 0 Å². The van der Waals surface area contributed by atoms with E-state index in [1.54, 1.807) is 6.07 Å². The molecule has 0 unspecified atom stereocenters. The molecule has 6 heteroatoms. The Hall–Kier alpha value is -1.36. The van der Waals surface area contributed by atoms with Gasteiger partial charge in [-0.1, -0.05) is 11.6 Å². The number of fused-ring (bicyclic) bond motifs is 1. The topological polar surface area (TPSA) is 22.4 Å².